The van der Waals surface area contributed by atoms with E-state index in [0.29, 0.717) is 12.1 Å². The molecular formula is C21H23N3O2. The summed E-state index contributed by atoms with van der Waals surface area (Å²) in [6.45, 7) is 0.766. The fourth-order valence-electron chi connectivity index (χ4n) is 3.39. The summed E-state index contributed by atoms with van der Waals surface area (Å²) in [5.74, 6) is -0.0286. The van der Waals surface area contributed by atoms with Gasteiger partial charge in [0.25, 0.3) is 0 Å². The van der Waals surface area contributed by atoms with Crippen LogP contribution >= 0.6 is 0 Å². The zero-order valence-electron chi connectivity index (χ0n) is 14.7. The normalized spacial score (nSPS) is 17.3. The van der Waals surface area contributed by atoms with Crippen LogP contribution in [0.15, 0.2) is 48.5 Å². The summed E-state index contributed by atoms with van der Waals surface area (Å²) in [7, 11) is 0. The molecule has 1 fully saturated rings. The van der Waals surface area contributed by atoms with Crippen LogP contribution in [0.1, 0.15) is 30.4 Å². The lowest BCUT2D eigenvalue weighted by Crippen LogP contribution is -2.37. The van der Waals surface area contributed by atoms with Gasteiger partial charge in [0, 0.05) is 17.9 Å². The minimum Gasteiger partial charge on any atom is -0.324 e. The second-order valence-corrected chi connectivity index (χ2v) is 7.26. The minimum atomic E-state index is -0.684. The zero-order chi connectivity index (χ0) is 18.1. The number of para-hydroxylation sites is 1. The van der Waals surface area contributed by atoms with Crippen molar-refractivity contribution in [2.75, 3.05) is 16.8 Å². The van der Waals surface area contributed by atoms with Crippen molar-refractivity contribution >= 4 is 23.2 Å². The molecule has 2 amide bonds. The Hall–Kier alpha value is -2.66. The third-order valence-corrected chi connectivity index (χ3v) is 5.22. The van der Waals surface area contributed by atoms with Gasteiger partial charge in [0.2, 0.25) is 11.8 Å². The first-order valence-electron chi connectivity index (χ1n) is 9.13. The van der Waals surface area contributed by atoms with Gasteiger partial charge in [-0.05, 0) is 55.0 Å². The van der Waals surface area contributed by atoms with Gasteiger partial charge in [-0.1, -0.05) is 30.3 Å². The number of amides is 2. The second-order valence-electron chi connectivity index (χ2n) is 7.26. The van der Waals surface area contributed by atoms with E-state index >= 15 is 0 Å². The highest BCUT2D eigenvalue weighted by molar-refractivity contribution is 6.00. The maximum Gasteiger partial charge on any atom is 0.244 e. The Morgan fingerprint density at radius 2 is 1.81 bits per heavy atom. The van der Waals surface area contributed by atoms with Crippen molar-refractivity contribution in [3.05, 3.63) is 59.7 Å². The number of nitrogens with one attached hydrogen (secondary N) is 1. The molecule has 1 heterocycles. The molecule has 1 aliphatic carbocycles. The summed E-state index contributed by atoms with van der Waals surface area (Å²) in [5.41, 5.74) is 9.13. The molecule has 26 heavy (non-hydrogen) atoms. The van der Waals surface area contributed by atoms with Crippen molar-refractivity contribution in [1.82, 2.24) is 0 Å². The number of anilines is 2. The molecule has 3 N–H and O–H groups in total. The van der Waals surface area contributed by atoms with E-state index in [1.165, 1.54) is 5.56 Å². The number of nitrogens with zero attached hydrogens (tertiary/aromatic N) is 1. The molecule has 5 nitrogen and oxygen atoms in total. The monoisotopic (exact) mass is 349 g/mol. The van der Waals surface area contributed by atoms with E-state index in [9.17, 15) is 9.59 Å². The summed E-state index contributed by atoms with van der Waals surface area (Å²) >= 11 is 0. The fraction of sp³-hybridized carbons (Fsp3) is 0.333. The van der Waals surface area contributed by atoms with Gasteiger partial charge in [-0.3, -0.25) is 9.59 Å². The Balaban J connectivity index is 1.41. The number of hydrogen-bond donors (Lipinski definition) is 2. The van der Waals surface area contributed by atoms with Crippen molar-refractivity contribution in [3.63, 3.8) is 0 Å². The Morgan fingerprint density at radius 1 is 1.08 bits per heavy atom. The van der Waals surface area contributed by atoms with Gasteiger partial charge in [0.1, 0.15) is 0 Å². The predicted molar refractivity (Wildman–Crippen MR) is 102 cm³/mol. The molecule has 5 heteroatoms. The summed E-state index contributed by atoms with van der Waals surface area (Å²) in [4.78, 5) is 26.6. The molecule has 0 bridgehead atoms. The van der Waals surface area contributed by atoms with Crippen LogP contribution < -0.4 is 16.0 Å². The van der Waals surface area contributed by atoms with E-state index in [4.69, 9.17) is 5.73 Å². The molecule has 1 aliphatic heterocycles. The maximum absolute atomic E-state index is 12.8. The quantitative estimate of drug-likeness (QED) is 0.891. The standard InChI is InChI=1S/C21H23N3O2/c22-21(11-12-21)20(26)23-17-9-7-15(8-10-17)14-19(25)24-13-3-5-16-4-1-2-6-18(16)24/h1-2,4,6-10H,3,5,11-14,22H2,(H,23,26). The molecule has 0 unspecified atom stereocenters. The van der Waals surface area contributed by atoms with Crippen LogP contribution in [0.2, 0.25) is 0 Å². The first-order valence-corrected chi connectivity index (χ1v) is 9.13. The van der Waals surface area contributed by atoms with Crippen molar-refractivity contribution in [2.45, 2.75) is 37.6 Å². The molecule has 0 atom stereocenters. The molecule has 4 rings (SSSR count). The third kappa shape index (κ3) is 3.35. The number of benzene rings is 2. The lowest BCUT2D eigenvalue weighted by molar-refractivity contribution is -0.119. The number of aryl methyl sites for hydroxylation is 1. The van der Waals surface area contributed by atoms with Gasteiger partial charge < -0.3 is 16.0 Å². The predicted octanol–water partition coefficient (Wildman–Crippen LogP) is 2.64. The van der Waals surface area contributed by atoms with Crippen LogP contribution in [0.3, 0.4) is 0 Å². The smallest absolute Gasteiger partial charge is 0.244 e. The first-order chi connectivity index (χ1) is 12.5. The van der Waals surface area contributed by atoms with Crippen molar-refractivity contribution < 1.29 is 9.59 Å². The van der Waals surface area contributed by atoms with Crippen LogP contribution in [0, 0.1) is 0 Å². The van der Waals surface area contributed by atoms with Crippen LogP contribution in [-0.2, 0) is 22.4 Å². The number of rotatable bonds is 4. The lowest BCUT2D eigenvalue weighted by Gasteiger charge is -2.29. The highest BCUT2D eigenvalue weighted by Gasteiger charge is 2.45. The molecular weight excluding hydrogens is 326 g/mol. The molecule has 0 spiro atoms. The van der Waals surface area contributed by atoms with E-state index in [1.54, 1.807) is 0 Å². The number of nitrogens with two attached hydrogens (primary N) is 1. The van der Waals surface area contributed by atoms with Crippen LogP contribution in [0.4, 0.5) is 11.4 Å². The molecule has 1 saturated carbocycles. The van der Waals surface area contributed by atoms with Crippen LogP contribution in [-0.4, -0.2) is 23.9 Å². The summed E-state index contributed by atoms with van der Waals surface area (Å²) in [6, 6.07) is 15.5. The molecule has 0 aromatic heterocycles. The van der Waals surface area contributed by atoms with Crippen molar-refractivity contribution in [3.8, 4) is 0 Å². The number of fused-ring (bicyclic) bond motifs is 1. The molecule has 134 valence electrons. The van der Waals surface area contributed by atoms with Crippen molar-refractivity contribution in [2.24, 2.45) is 5.73 Å². The van der Waals surface area contributed by atoms with Gasteiger partial charge in [-0.25, -0.2) is 0 Å². The Bertz CT molecular complexity index is 841. The van der Waals surface area contributed by atoms with Gasteiger partial charge in [-0.15, -0.1) is 0 Å². The Kier molecular flexibility index (Phi) is 4.24. The summed E-state index contributed by atoms with van der Waals surface area (Å²) < 4.78 is 0. The highest BCUT2D eigenvalue weighted by Crippen LogP contribution is 2.33. The molecule has 2 aliphatic rings. The maximum atomic E-state index is 12.8. The summed E-state index contributed by atoms with van der Waals surface area (Å²) in [6.07, 6.45) is 3.85. The minimum absolute atomic E-state index is 0.104. The largest absolute Gasteiger partial charge is 0.324 e. The number of hydrogen-bond acceptors (Lipinski definition) is 3. The summed E-state index contributed by atoms with van der Waals surface area (Å²) in [5, 5.41) is 2.84. The van der Waals surface area contributed by atoms with E-state index in [1.807, 2.05) is 47.4 Å². The van der Waals surface area contributed by atoms with Crippen LogP contribution in [0.25, 0.3) is 0 Å². The van der Waals surface area contributed by atoms with E-state index in [0.717, 1.165) is 43.5 Å². The van der Waals surface area contributed by atoms with Gasteiger partial charge in [0.05, 0.1) is 12.0 Å². The number of carbonyl (C=O) groups is 2. The average Bonchev–Trinajstić information content (AvgIpc) is 3.41. The molecule has 0 saturated heterocycles. The SMILES string of the molecule is NC1(C(=O)Nc2ccc(CC(=O)N3CCCc4ccccc43)cc2)CC1. The van der Waals surface area contributed by atoms with Gasteiger partial charge in [0.15, 0.2) is 0 Å². The third-order valence-electron chi connectivity index (χ3n) is 5.22. The fourth-order valence-corrected chi connectivity index (χ4v) is 3.39. The van der Waals surface area contributed by atoms with E-state index in [2.05, 4.69) is 11.4 Å². The zero-order valence-corrected chi connectivity index (χ0v) is 14.7. The molecule has 2 aromatic rings. The molecule has 2 aromatic carbocycles. The lowest BCUT2D eigenvalue weighted by atomic mass is 10.0. The van der Waals surface area contributed by atoms with Crippen LogP contribution in [0.5, 0.6) is 0 Å². The van der Waals surface area contributed by atoms with Gasteiger partial charge in [-0.2, -0.15) is 0 Å². The Labute approximate surface area is 153 Å². The molecule has 0 radical (unpaired) electrons. The topological polar surface area (TPSA) is 75.4 Å². The van der Waals surface area contributed by atoms with E-state index < -0.39 is 5.54 Å². The number of carbonyl (C=O) groups excluding carboxylic acids is 2. The van der Waals surface area contributed by atoms with Crippen molar-refractivity contribution in [1.29, 1.82) is 0 Å². The highest BCUT2D eigenvalue weighted by atomic mass is 16.2. The van der Waals surface area contributed by atoms with Gasteiger partial charge >= 0.3 is 0 Å². The average molecular weight is 349 g/mol. The second kappa shape index (κ2) is 6.57. The first kappa shape index (κ1) is 16.8. The Morgan fingerprint density at radius 3 is 2.54 bits per heavy atom. The van der Waals surface area contributed by atoms with E-state index in [-0.39, 0.29) is 11.8 Å².